The molecule has 4 rings (SSSR count). The van der Waals surface area contributed by atoms with Crippen LogP contribution in [0.2, 0.25) is 0 Å². The van der Waals surface area contributed by atoms with Gasteiger partial charge in [-0.3, -0.25) is 0 Å². The second kappa shape index (κ2) is 26.4. The number of benzene rings is 4. The maximum atomic E-state index is 11.0. The Morgan fingerprint density at radius 2 is 0.690 bits per heavy atom. The first kappa shape index (κ1) is 47.0. The van der Waals surface area contributed by atoms with Gasteiger partial charge in [0.1, 0.15) is 35.9 Å². The average molecular weight is 795 g/mol. The van der Waals surface area contributed by atoms with Crippen LogP contribution in [0.4, 0.5) is 0 Å². The number of aliphatic hydroxyl groups excluding tert-OH is 6. The number of aryl methyl sites for hydroxylation is 2. The van der Waals surface area contributed by atoms with Gasteiger partial charge in [-0.1, -0.05) is 202 Å². The van der Waals surface area contributed by atoms with Gasteiger partial charge >= 0.3 is 0 Å². The van der Waals surface area contributed by atoms with Crippen LogP contribution in [0.1, 0.15) is 165 Å². The third-order valence-corrected chi connectivity index (χ3v) is 11.9. The minimum atomic E-state index is -1.98. The summed E-state index contributed by atoms with van der Waals surface area (Å²) >= 11 is 0. The fourth-order valence-electron chi connectivity index (χ4n) is 8.28. The van der Waals surface area contributed by atoms with Crippen LogP contribution in [-0.2, 0) is 12.8 Å². The normalized spacial score (nSPS) is 14.6. The van der Waals surface area contributed by atoms with E-state index in [1.807, 2.05) is 60.7 Å². The summed E-state index contributed by atoms with van der Waals surface area (Å²) in [5.74, 6) is -1.11. The monoisotopic (exact) mass is 795 g/mol. The van der Waals surface area contributed by atoms with E-state index < -0.39 is 35.9 Å². The Balaban J connectivity index is 1.33. The SMILES string of the molecule is CCCCCCCCCCCCc1ccc(C=C(O)[C@@H](O)[C@@H](O)[C@H](O)[C@H](O)C(O)=Cc2ccc(CCCCCCCCCCCC)c3ccccc23)c2ccccc12. The zero-order chi connectivity index (χ0) is 41.5. The highest BCUT2D eigenvalue weighted by Gasteiger charge is 2.34. The third-order valence-electron chi connectivity index (χ3n) is 11.9. The predicted molar refractivity (Wildman–Crippen MR) is 244 cm³/mol. The molecule has 0 aliphatic rings. The van der Waals surface area contributed by atoms with Crippen molar-refractivity contribution in [3.05, 3.63) is 107 Å². The van der Waals surface area contributed by atoms with E-state index in [9.17, 15) is 30.6 Å². The number of hydrogen-bond acceptors (Lipinski definition) is 6. The summed E-state index contributed by atoms with van der Waals surface area (Å²) in [7, 11) is 0. The lowest BCUT2D eigenvalue weighted by Crippen LogP contribution is -2.45. The van der Waals surface area contributed by atoms with Crippen molar-refractivity contribution in [3.63, 3.8) is 0 Å². The van der Waals surface area contributed by atoms with Crippen molar-refractivity contribution in [3.8, 4) is 0 Å². The lowest BCUT2D eigenvalue weighted by Gasteiger charge is -2.26. The number of fused-ring (bicyclic) bond motifs is 2. The molecular weight excluding hydrogens is 721 g/mol. The van der Waals surface area contributed by atoms with Crippen molar-refractivity contribution in [1.29, 1.82) is 0 Å². The molecule has 0 saturated heterocycles. The zero-order valence-corrected chi connectivity index (χ0v) is 35.6. The van der Waals surface area contributed by atoms with E-state index in [1.54, 1.807) is 0 Å². The Morgan fingerprint density at radius 1 is 0.397 bits per heavy atom. The van der Waals surface area contributed by atoms with Crippen molar-refractivity contribution in [2.75, 3.05) is 0 Å². The number of hydrogen-bond donors (Lipinski definition) is 6. The van der Waals surface area contributed by atoms with Gasteiger partial charge in [0.15, 0.2) is 0 Å². The van der Waals surface area contributed by atoms with Gasteiger partial charge in [-0.2, -0.15) is 0 Å². The molecule has 6 N–H and O–H groups in total. The summed E-state index contributed by atoms with van der Waals surface area (Å²) in [5.41, 5.74) is 3.77. The summed E-state index contributed by atoms with van der Waals surface area (Å²) < 4.78 is 0. The molecule has 58 heavy (non-hydrogen) atoms. The second-order valence-corrected chi connectivity index (χ2v) is 16.6. The average Bonchev–Trinajstić information content (AvgIpc) is 3.25. The van der Waals surface area contributed by atoms with Gasteiger partial charge < -0.3 is 30.6 Å². The fourth-order valence-corrected chi connectivity index (χ4v) is 8.28. The van der Waals surface area contributed by atoms with Gasteiger partial charge in [0, 0.05) is 0 Å². The Labute approximate surface area is 349 Å². The smallest absolute Gasteiger partial charge is 0.139 e. The van der Waals surface area contributed by atoms with E-state index in [0.717, 1.165) is 47.2 Å². The van der Waals surface area contributed by atoms with Gasteiger partial charge in [0.25, 0.3) is 0 Å². The van der Waals surface area contributed by atoms with E-state index >= 15 is 0 Å². The molecule has 0 spiro atoms. The Morgan fingerprint density at radius 3 is 1.02 bits per heavy atom. The molecule has 0 aliphatic heterocycles. The topological polar surface area (TPSA) is 121 Å². The summed E-state index contributed by atoms with van der Waals surface area (Å²) in [6.45, 7) is 4.50. The highest BCUT2D eigenvalue weighted by Crippen LogP contribution is 2.29. The summed E-state index contributed by atoms with van der Waals surface area (Å²) in [6, 6.07) is 23.8. The highest BCUT2D eigenvalue weighted by molar-refractivity contribution is 5.94. The van der Waals surface area contributed by atoms with Crippen molar-refractivity contribution < 1.29 is 30.6 Å². The van der Waals surface area contributed by atoms with Gasteiger partial charge in [0.05, 0.1) is 0 Å². The van der Waals surface area contributed by atoms with E-state index in [-0.39, 0.29) is 0 Å². The maximum absolute atomic E-state index is 11.0. The molecular formula is C52H74O6. The number of rotatable bonds is 29. The van der Waals surface area contributed by atoms with E-state index in [1.165, 1.54) is 139 Å². The van der Waals surface area contributed by atoms with Crippen LogP contribution in [0.5, 0.6) is 0 Å². The van der Waals surface area contributed by atoms with Crippen LogP contribution in [-0.4, -0.2) is 55.1 Å². The molecule has 0 bridgehead atoms. The Hall–Kier alpha value is -3.68. The highest BCUT2D eigenvalue weighted by atomic mass is 16.4. The largest absolute Gasteiger partial charge is 0.509 e. The van der Waals surface area contributed by atoms with Crippen LogP contribution >= 0.6 is 0 Å². The van der Waals surface area contributed by atoms with Crippen LogP contribution < -0.4 is 0 Å². The molecule has 0 amide bonds. The molecule has 4 atom stereocenters. The van der Waals surface area contributed by atoms with E-state index in [2.05, 4.69) is 26.0 Å². The number of aliphatic hydroxyl groups is 6. The van der Waals surface area contributed by atoms with Crippen molar-refractivity contribution in [2.45, 2.75) is 180 Å². The predicted octanol–water partition coefficient (Wildman–Crippen LogP) is 12.9. The van der Waals surface area contributed by atoms with Gasteiger partial charge in [-0.25, -0.2) is 0 Å². The molecule has 0 radical (unpaired) electrons. The second-order valence-electron chi connectivity index (χ2n) is 16.6. The van der Waals surface area contributed by atoms with Crippen LogP contribution in [0.3, 0.4) is 0 Å². The first-order valence-electron chi connectivity index (χ1n) is 22.8. The van der Waals surface area contributed by atoms with E-state index in [4.69, 9.17) is 0 Å². The molecule has 4 aromatic rings. The molecule has 4 aromatic carbocycles. The molecule has 6 heteroatoms. The minimum Gasteiger partial charge on any atom is -0.509 e. The molecule has 0 heterocycles. The zero-order valence-electron chi connectivity index (χ0n) is 35.6. The van der Waals surface area contributed by atoms with Crippen molar-refractivity contribution in [1.82, 2.24) is 0 Å². The van der Waals surface area contributed by atoms with Gasteiger partial charge in [-0.15, -0.1) is 0 Å². The molecule has 6 nitrogen and oxygen atoms in total. The summed E-state index contributed by atoms with van der Waals surface area (Å²) in [4.78, 5) is 0. The van der Waals surface area contributed by atoms with E-state index in [0.29, 0.717) is 11.1 Å². The molecule has 0 aromatic heterocycles. The van der Waals surface area contributed by atoms with Crippen molar-refractivity contribution in [2.24, 2.45) is 0 Å². The molecule has 0 aliphatic carbocycles. The Bertz CT molecular complexity index is 1690. The van der Waals surface area contributed by atoms with Crippen LogP contribution in [0.15, 0.2) is 84.3 Å². The lowest BCUT2D eigenvalue weighted by molar-refractivity contribution is -0.0996. The quantitative estimate of drug-likeness (QED) is 0.0240. The van der Waals surface area contributed by atoms with Crippen LogP contribution in [0, 0.1) is 0 Å². The summed E-state index contributed by atoms with van der Waals surface area (Å²) in [6.07, 6.45) is 22.5. The van der Waals surface area contributed by atoms with Gasteiger partial charge in [-0.05, 0) is 81.6 Å². The first-order valence-corrected chi connectivity index (χ1v) is 22.8. The lowest BCUT2D eigenvalue weighted by atomic mass is 9.93. The minimum absolute atomic E-state index is 0.557. The molecule has 0 saturated carbocycles. The molecule has 0 unspecified atom stereocenters. The van der Waals surface area contributed by atoms with Crippen LogP contribution in [0.25, 0.3) is 33.7 Å². The first-order chi connectivity index (χ1) is 28.3. The van der Waals surface area contributed by atoms with Gasteiger partial charge in [0.2, 0.25) is 0 Å². The molecule has 318 valence electrons. The standard InChI is InChI=1S/C52H74O6/c1-3-5-7-9-11-13-15-17-19-21-27-39-33-35-41(45-31-25-23-29-43(39)45)37-47(53)49(55)51(57)52(58)50(56)48(54)38-42-36-34-40(44-30-24-26-32-46(42)44)28-22-20-18-16-14-12-10-8-6-4-2/h23-26,29-38,49-58H,3-22,27-28H2,1-2H3/t49-,50-,51-,52-/m1/s1. The molecule has 0 fully saturated rings. The summed E-state index contributed by atoms with van der Waals surface area (Å²) in [5, 5.41) is 69.5. The number of unbranched alkanes of at least 4 members (excludes halogenated alkanes) is 18. The maximum Gasteiger partial charge on any atom is 0.139 e. The Kier molecular flexibility index (Phi) is 21.4. The fraction of sp³-hybridized carbons (Fsp3) is 0.538. The van der Waals surface area contributed by atoms with Crippen molar-refractivity contribution >= 4 is 33.7 Å². The third kappa shape index (κ3) is 14.9.